The van der Waals surface area contributed by atoms with E-state index in [1.807, 2.05) is 60.7 Å². The number of ketones is 1. The molecule has 0 aliphatic rings. The summed E-state index contributed by atoms with van der Waals surface area (Å²) in [6.45, 7) is 2.10. The normalized spacial score (nSPS) is 10.7. The lowest BCUT2D eigenvalue weighted by Crippen LogP contribution is -2.06. The first-order valence-corrected chi connectivity index (χ1v) is 9.60. The predicted octanol–water partition coefficient (Wildman–Crippen LogP) is 5.84. The molecule has 5 nitrogen and oxygen atoms in total. The predicted molar refractivity (Wildman–Crippen MR) is 118 cm³/mol. The summed E-state index contributed by atoms with van der Waals surface area (Å²) in [5.41, 5.74) is 3.29. The third kappa shape index (κ3) is 4.36. The highest BCUT2D eigenvalue weighted by atomic mass is 35.5. The summed E-state index contributed by atoms with van der Waals surface area (Å²) < 4.78 is 0. The van der Waals surface area contributed by atoms with Crippen LogP contribution < -0.4 is 10.6 Å². The van der Waals surface area contributed by atoms with E-state index in [1.165, 1.54) is 0 Å². The van der Waals surface area contributed by atoms with Crippen molar-refractivity contribution in [2.75, 3.05) is 10.6 Å². The van der Waals surface area contributed by atoms with Gasteiger partial charge in [0.2, 0.25) is 5.95 Å². The zero-order valence-corrected chi connectivity index (χ0v) is 16.6. The van der Waals surface area contributed by atoms with Crippen LogP contribution >= 0.6 is 11.6 Å². The molecule has 6 heteroatoms. The summed E-state index contributed by atoms with van der Waals surface area (Å²) in [6, 6.07) is 22.8. The van der Waals surface area contributed by atoms with Crippen LogP contribution in [0.15, 0.2) is 72.8 Å². The minimum atomic E-state index is 0.0320. The number of rotatable bonds is 6. The minimum Gasteiger partial charge on any atom is -0.365 e. The zero-order valence-electron chi connectivity index (χ0n) is 15.8. The molecule has 0 aliphatic heterocycles. The second-order valence-corrected chi connectivity index (χ2v) is 7.02. The van der Waals surface area contributed by atoms with Crippen LogP contribution in [0.5, 0.6) is 0 Å². The van der Waals surface area contributed by atoms with Gasteiger partial charge < -0.3 is 10.6 Å². The van der Waals surface area contributed by atoms with E-state index in [1.54, 1.807) is 19.1 Å². The van der Waals surface area contributed by atoms with Crippen molar-refractivity contribution in [3.8, 4) is 0 Å². The van der Waals surface area contributed by atoms with Crippen molar-refractivity contribution >= 4 is 45.7 Å². The number of carbonyl (C=O) groups is 1. The van der Waals surface area contributed by atoms with Crippen LogP contribution in [0.4, 0.5) is 17.5 Å². The summed E-state index contributed by atoms with van der Waals surface area (Å²) in [5.74, 6) is 1.23. The molecule has 0 saturated carbocycles. The van der Waals surface area contributed by atoms with Crippen molar-refractivity contribution in [3.63, 3.8) is 0 Å². The zero-order chi connectivity index (χ0) is 20.2. The molecule has 0 aliphatic carbocycles. The Kier molecular flexibility index (Phi) is 5.40. The van der Waals surface area contributed by atoms with Gasteiger partial charge in [-0.3, -0.25) is 4.79 Å². The number of para-hydroxylation sites is 1. The average molecular weight is 403 g/mol. The molecule has 4 rings (SSSR count). The molecule has 4 aromatic rings. The Balaban J connectivity index is 1.63. The number of nitrogens with zero attached hydrogens (tertiary/aromatic N) is 2. The maximum Gasteiger partial charge on any atom is 0.229 e. The van der Waals surface area contributed by atoms with Crippen LogP contribution in [0.25, 0.3) is 10.9 Å². The highest BCUT2D eigenvalue weighted by Gasteiger charge is 2.09. The number of hydrogen-bond donors (Lipinski definition) is 2. The molecule has 29 heavy (non-hydrogen) atoms. The Morgan fingerprint density at radius 2 is 1.66 bits per heavy atom. The van der Waals surface area contributed by atoms with Gasteiger partial charge in [-0.25, -0.2) is 4.98 Å². The number of hydrogen-bond acceptors (Lipinski definition) is 5. The lowest BCUT2D eigenvalue weighted by Gasteiger charge is -2.12. The van der Waals surface area contributed by atoms with Crippen molar-refractivity contribution in [1.29, 1.82) is 0 Å². The van der Waals surface area contributed by atoms with Crippen molar-refractivity contribution in [3.05, 3.63) is 88.9 Å². The van der Waals surface area contributed by atoms with E-state index in [4.69, 9.17) is 11.6 Å². The molecule has 3 aromatic carbocycles. The van der Waals surface area contributed by atoms with Crippen molar-refractivity contribution < 1.29 is 4.79 Å². The highest BCUT2D eigenvalue weighted by Crippen LogP contribution is 2.25. The monoisotopic (exact) mass is 402 g/mol. The molecule has 1 aromatic heterocycles. The molecule has 144 valence electrons. The molecule has 0 amide bonds. The van der Waals surface area contributed by atoms with Gasteiger partial charge >= 0.3 is 0 Å². The van der Waals surface area contributed by atoms with E-state index >= 15 is 0 Å². The second kappa shape index (κ2) is 8.29. The van der Waals surface area contributed by atoms with Crippen LogP contribution in [0, 0.1) is 0 Å². The molecule has 0 spiro atoms. The quantitative estimate of drug-likeness (QED) is 0.396. The van der Waals surface area contributed by atoms with Gasteiger partial charge in [-0.05, 0) is 55.0 Å². The van der Waals surface area contributed by atoms with E-state index < -0.39 is 0 Å². The first-order chi connectivity index (χ1) is 14.1. The molecule has 2 N–H and O–H groups in total. The van der Waals surface area contributed by atoms with Gasteiger partial charge in [0.25, 0.3) is 0 Å². The van der Waals surface area contributed by atoms with E-state index in [2.05, 4.69) is 20.6 Å². The fourth-order valence-corrected chi connectivity index (χ4v) is 3.21. The lowest BCUT2D eigenvalue weighted by atomic mass is 10.1. The van der Waals surface area contributed by atoms with Crippen LogP contribution in [0.3, 0.4) is 0 Å². The van der Waals surface area contributed by atoms with Crippen molar-refractivity contribution in [2.24, 2.45) is 0 Å². The Morgan fingerprint density at radius 3 is 2.41 bits per heavy atom. The molecule has 0 atom stereocenters. The minimum absolute atomic E-state index is 0.0320. The highest BCUT2D eigenvalue weighted by molar-refractivity contribution is 6.31. The maximum atomic E-state index is 11.5. The molecule has 0 unspecified atom stereocenters. The summed E-state index contributed by atoms with van der Waals surface area (Å²) in [5, 5.41) is 8.23. The molecular weight excluding hydrogens is 384 g/mol. The van der Waals surface area contributed by atoms with Crippen molar-refractivity contribution in [2.45, 2.75) is 13.5 Å². The number of carbonyl (C=O) groups excluding carboxylic acids is 1. The summed E-state index contributed by atoms with van der Waals surface area (Å²) in [7, 11) is 0. The van der Waals surface area contributed by atoms with Crippen LogP contribution in [-0.4, -0.2) is 15.8 Å². The molecule has 0 radical (unpaired) electrons. The SMILES string of the molecule is CC(=O)c1ccc(Nc2nc(NCc3ccccc3Cl)c3ccccc3n2)cc1. The number of benzene rings is 3. The van der Waals surface area contributed by atoms with Crippen LogP contribution in [0.1, 0.15) is 22.8 Å². The van der Waals surface area contributed by atoms with E-state index in [0.29, 0.717) is 23.1 Å². The molecule has 0 fully saturated rings. The first kappa shape index (κ1) is 18.9. The summed E-state index contributed by atoms with van der Waals surface area (Å²) in [4.78, 5) is 20.7. The van der Waals surface area contributed by atoms with Crippen LogP contribution in [0.2, 0.25) is 5.02 Å². The Bertz CT molecular complexity index is 1180. The molecule has 1 heterocycles. The first-order valence-electron chi connectivity index (χ1n) is 9.22. The largest absolute Gasteiger partial charge is 0.365 e. The van der Waals surface area contributed by atoms with E-state index in [0.717, 1.165) is 28.0 Å². The van der Waals surface area contributed by atoms with E-state index in [-0.39, 0.29) is 5.78 Å². The number of Topliss-reactive ketones (excluding diaryl/α,β-unsaturated/α-hetero) is 1. The van der Waals surface area contributed by atoms with E-state index in [9.17, 15) is 4.79 Å². The van der Waals surface area contributed by atoms with Crippen LogP contribution in [-0.2, 0) is 6.54 Å². The third-order valence-electron chi connectivity index (χ3n) is 4.55. The fourth-order valence-electron chi connectivity index (χ4n) is 3.01. The van der Waals surface area contributed by atoms with Gasteiger partial charge in [0.1, 0.15) is 5.82 Å². The van der Waals surface area contributed by atoms with Gasteiger partial charge in [-0.15, -0.1) is 0 Å². The average Bonchev–Trinajstić information content (AvgIpc) is 2.73. The van der Waals surface area contributed by atoms with Crippen molar-refractivity contribution in [1.82, 2.24) is 9.97 Å². The summed E-state index contributed by atoms with van der Waals surface area (Å²) >= 11 is 6.27. The number of fused-ring (bicyclic) bond motifs is 1. The number of halogens is 1. The molecule has 0 bridgehead atoms. The summed E-state index contributed by atoms with van der Waals surface area (Å²) in [6.07, 6.45) is 0. The molecule has 0 saturated heterocycles. The topological polar surface area (TPSA) is 66.9 Å². The smallest absolute Gasteiger partial charge is 0.229 e. The van der Waals surface area contributed by atoms with Gasteiger partial charge in [-0.2, -0.15) is 4.98 Å². The molecular formula is C23H19ClN4O. The van der Waals surface area contributed by atoms with Gasteiger partial charge in [0.15, 0.2) is 5.78 Å². The second-order valence-electron chi connectivity index (χ2n) is 6.62. The van der Waals surface area contributed by atoms with Gasteiger partial charge in [0.05, 0.1) is 5.52 Å². The van der Waals surface area contributed by atoms with Gasteiger partial charge in [0, 0.05) is 28.2 Å². The number of anilines is 3. The third-order valence-corrected chi connectivity index (χ3v) is 4.92. The number of aromatic nitrogens is 2. The standard InChI is InChI=1S/C23H19ClN4O/c1-15(29)16-10-12-18(13-11-16)26-23-27-21-9-5-3-7-19(21)22(28-23)25-14-17-6-2-4-8-20(17)24/h2-13H,14H2,1H3,(H2,25,26,27,28). The Hall–Kier alpha value is -3.44. The van der Waals surface area contributed by atoms with Gasteiger partial charge in [-0.1, -0.05) is 41.9 Å². The number of nitrogens with one attached hydrogen (secondary N) is 2. The Labute approximate surface area is 173 Å². The Morgan fingerprint density at radius 1 is 0.931 bits per heavy atom. The fraction of sp³-hybridized carbons (Fsp3) is 0.0870. The maximum absolute atomic E-state index is 11.5. The lowest BCUT2D eigenvalue weighted by molar-refractivity contribution is 0.101.